The average Bonchev–Trinajstić information content (AvgIpc) is 2.15. The Morgan fingerprint density at radius 2 is 2.27 bits per heavy atom. The number of hydrogen-bond donors (Lipinski definition) is 1. The molecular formula is C8H6FNO5. The minimum absolute atomic E-state index is 0.452. The van der Waals surface area contributed by atoms with Gasteiger partial charge in [-0.3, -0.25) is 10.1 Å². The molecule has 0 aliphatic heterocycles. The summed E-state index contributed by atoms with van der Waals surface area (Å²) < 4.78 is 17.7. The maximum atomic E-state index is 13.2. The van der Waals surface area contributed by atoms with Crippen molar-refractivity contribution in [2.75, 3.05) is 6.61 Å². The number of hydrogen-bond acceptors (Lipinski definition) is 4. The molecule has 1 aromatic rings. The predicted molar refractivity (Wildman–Crippen MR) is 46.2 cm³/mol. The van der Waals surface area contributed by atoms with E-state index < -0.39 is 34.8 Å². The van der Waals surface area contributed by atoms with Crippen LogP contribution in [0, 0.1) is 15.9 Å². The minimum Gasteiger partial charge on any atom is -0.479 e. The van der Waals surface area contributed by atoms with Gasteiger partial charge < -0.3 is 9.84 Å². The topological polar surface area (TPSA) is 89.7 Å². The summed E-state index contributed by atoms with van der Waals surface area (Å²) in [4.78, 5) is 19.5. The number of benzene rings is 1. The number of ether oxygens (including phenoxy) is 1. The fourth-order valence-electron chi connectivity index (χ4n) is 0.891. The Kier molecular flexibility index (Phi) is 3.17. The highest BCUT2D eigenvalue weighted by Crippen LogP contribution is 2.25. The van der Waals surface area contributed by atoms with Gasteiger partial charge in [0.15, 0.2) is 12.4 Å². The normalized spacial score (nSPS) is 9.67. The fourth-order valence-corrected chi connectivity index (χ4v) is 0.891. The van der Waals surface area contributed by atoms with E-state index in [1.807, 2.05) is 0 Å². The Bertz CT molecular complexity index is 406. The average molecular weight is 215 g/mol. The van der Waals surface area contributed by atoms with E-state index in [0.717, 1.165) is 12.1 Å². The molecule has 0 spiro atoms. The van der Waals surface area contributed by atoms with Gasteiger partial charge in [-0.2, -0.15) is 4.39 Å². The Labute approximate surface area is 83.0 Å². The fraction of sp³-hybridized carbons (Fsp3) is 0.125. The first-order valence-corrected chi connectivity index (χ1v) is 3.80. The van der Waals surface area contributed by atoms with Crippen molar-refractivity contribution < 1.29 is 24.0 Å². The zero-order valence-corrected chi connectivity index (χ0v) is 7.34. The van der Waals surface area contributed by atoms with Gasteiger partial charge in [-0.15, -0.1) is 0 Å². The van der Waals surface area contributed by atoms with Crippen molar-refractivity contribution in [2.45, 2.75) is 0 Å². The number of nitrogens with zero attached hydrogens (tertiary/aromatic N) is 1. The van der Waals surface area contributed by atoms with Crippen LogP contribution in [0.2, 0.25) is 0 Å². The van der Waals surface area contributed by atoms with Crippen LogP contribution in [0.1, 0.15) is 0 Å². The lowest BCUT2D eigenvalue weighted by Crippen LogP contribution is -2.10. The smallest absolute Gasteiger partial charge is 0.341 e. The SMILES string of the molecule is O=C(O)COc1cccc([N+](=O)[O-])c1F. The molecule has 15 heavy (non-hydrogen) atoms. The molecule has 1 rings (SSSR count). The van der Waals surface area contributed by atoms with E-state index in [0.29, 0.717) is 0 Å². The second kappa shape index (κ2) is 4.36. The van der Waals surface area contributed by atoms with Gasteiger partial charge in [-0.25, -0.2) is 4.79 Å². The molecule has 0 aliphatic carbocycles. The van der Waals surface area contributed by atoms with Crippen LogP contribution in [-0.4, -0.2) is 22.6 Å². The molecule has 0 bridgehead atoms. The summed E-state index contributed by atoms with van der Waals surface area (Å²) in [6.45, 7) is -0.752. The second-order valence-electron chi connectivity index (χ2n) is 2.53. The van der Waals surface area contributed by atoms with Gasteiger partial charge in [-0.05, 0) is 6.07 Å². The van der Waals surface area contributed by atoms with E-state index in [2.05, 4.69) is 4.74 Å². The first-order chi connectivity index (χ1) is 7.02. The molecule has 7 heteroatoms. The molecule has 80 valence electrons. The van der Waals surface area contributed by atoms with Crippen LogP contribution in [0.4, 0.5) is 10.1 Å². The van der Waals surface area contributed by atoms with E-state index in [9.17, 15) is 19.3 Å². The molecule has 0 saturated carbocycles. The van der Waals surface area contributed by atoms with Gasteiger partial charge in [0.25, 0.3) is 0 Å². The molecule has 1 aromatic carbocycles. The summed E-state index contributed by atoms with van der Waals surface area (Å²) in [5.74, 6) is -2.92. The molecule has 0 unspecified atom stereocenters. The van der Waals surface area contributed by atoms with Gasteiger partial charge in [0.05, 0.1) is 4.92 Å². The second-order valence-corrected chi connectivity index (χ2v) is 2.53. The molecular weight excluding hydrogens is 209 g/mol. The quantitative estimate of drug-likeness (QED) is 0.601. The highest BCUT2D eigenvalue weighted by atomic mass is 19.1. The largest absolute Gasteiger partial charge is 0.479 e. The van der Waals surface area contributed by atoms with E-state index in [4.69, 9.17) is 5.11 Å². The Hall–Kier alpha value is -2.18. The van der Waals surface area contributed by atoms with Crippen LogP contribution in [0.15, 0.2) is 18.2 Å². The third-order valence-electron chi connectivity index (χ3n) is 1.49. The molecule has 0 radical (unpaired) electrons. The van der Waals surface area contributed by atoms with E-state index in [1.54, 1.807) is 0 Å². The van der Waals surface area contributed by atoms with Gasteiger partial charge >= 0.3 is 11.7 Å². The number of halogens is 1. The lowest BCUT2D eigenvalue weighted by atomic mass is 10.3. The molecule has 1 N–H and O–H groups in total. The van der Waals surface area contributed by atoms with Crippen LogP contribution in [0.3, 0.4) is 0 Å². The molecule has 0 atom stereocenters. The molecule has 0 fully saturated rings. The molecule has 0 amide bonds. The van der Waals surface area contributed by atoms with Gasteiger partial charge in [-0.1, -0.05) is 6.07 Å². The van der Waals surface area contributed by atoms with Crippen molar-refractivity contribution in [3.63, 3.8) is 0 Å². The van der Waals surface area contributed by atoms with E-state index in [1.165, 1.54) is 6.07 Å². The lowest BCUT2D eigenvalue weighted by Gasteiger charge is -2.03. The summed E-state index contributed by atoms with van der Waals surface area (Å²) in [5, 5.41) is 18.6. The molecule has 0 heterocycles. The monoisotopic (exact) mass is 215 g/mol. The zero-order valence-electron chi connectivity index (χ0n) is 7.34. The predicted octanol–water partition coefficient (Wildman–Crippen LogP) is 1.20. The van der Waals surface area contributed by atoms with Crippen LogP contribution < -0.4 is 4.74 Å². The summed E-state index contributed by atoms with van der Waals surface area (Å²) in [6, 6.07) is 3.28. The number of carboxylic acids is 1. The van der Waals surface area contributed by atoms with E-state index in [-0.39, 0.29) is 0 Å². The van der Waals surface area contributed by atoms with Crippen LogP contribution in [0.5, 0.6) is 5.75 Å². The van der Waals surface area contributed by atoms with Crippen LogP contribution in [0.25, 0.3) is 0 Å². The Morgan fingerprint density at radius 3 is 2.80 bits per heavy atom. The van der Waals surface area contributed by atoms with Crippen molar-refractivity contribution in [1.29, 1.82) is 0 Å². The van der Waals surface area contributed by atoms with Crippen molar-refractivity contribution in [3.8, 4) is 5.75 Å². The van der Waals surface area contributed by atoms with Crippen molar-refractivity contribution >= 4 is 11.7 Å². The number of carbonyl (C=O) groups is 1. The van der Waals surface area contributed by atoms with Crippen molar-refractivity contribution in [3.05, 3.63) is 34.1 Å². The van der Waals surface area contributed by atoms with Gasteiger partial charge in [0.2, 0.25) is 5.82 Å². The molecule has 0 aliphatic rings. The standard InChI is InChI=1S/C8H6FNO5/c9-8-5(10(13)14)2-1-3-6(8)15-4-7(11)12/h1-3H,4H2,(H,11,12). The minimum atomic E-state index is -1.29. The summed E-state index contributed by atoms with van der Waals surface area (Å²) in [6.07, 6.45) is 0. The highest BCUT2D eigenvalue weighted by Gasteiger charge is 2.18. The maximum absolute atomic E-state index is 13.2. The number of carboxylic acid groups (broad SMARTS) is 1. The van der Waals surface area contributed by atoms with Gasteiger partial charge in [0.1, 0.15) is 0 Å². The van der Waals surface area contributed by atoms with Crippen LogP contribution >= 0.6 is 0 Å². The summed E-state index contributed by atoms with van der Waals surface area (Å²) in [5.41, 5.74) is -0.752. The number of aliphatic carboxylic acids is 1. The lowest BCUT2D eigenvalue weighted by molar-refractivity contribution is -0.387. The first-order valence-electron chi connectivity index (χ1n) is 3.80. The summed E-state index contributed by atoms with van der Waals surface area (Å²) >= 11 is 0. The maximum Gasteiger partial charge on any atom is 0.341 e. The van der Waals surface area contributed by atoms with Gasteiger partial charge in [0, 0.05) is 6.07 Å². The van der Waals surface area contributed by atoms with Crippen LogP contribution in [-0.2, 0) is 4.79 Å². The summed E-state index contributed by atoms with van der Waals surface area (Å²) in [7, 11) is 0. The molecule has 0 saturated heterocycles. The number of rotatable bonds is 4. The highest BCUT2D eigenvalue weighted by molar-refractivity contribution is 5.68. The molecule has 0 aromatic heterocycles. The Morgan fingerprint density at radius 1 is 1.60 bits per heavy atom. The van der Waals surface area contributed by atoms with Crippen molar-refractivity contribution in [1.82, 2.24) is 0 Å². The number of nitro groups is 1. The van der Waals surface area contributed by atoms with E-state index >= 15 is 0 Å². The zero-order chi connectivity index (χ0) is 11.4. The molecule has 6 nitrogen and oxygen atoms in total. The third-order valence-corrected chi connectivity index (χ3v) is 1.49. The third kappa shape index (κ3) is 2.63. The van der Waals surface area contributed by atoms with Crippen molar-refractivity contribution in [2.24, 2.45) is 0 Å². The number of nitro benzene ring substituents is 1. The Balaban J connectivity index is 2.94. The first kappa shape index (κ1) is 10.9.